The molecule has 1 saturated heterocycles. The third-order valence-electron chi connectivity index (χ3n) is 5.18. The van der Waals surface area contributed by atoms with Crippen molar-refractivity contribution in [3.63, 3.8) is 0 Å². The molecule has 2 aliphatic rings. The average Bonchev–Trinajstić information content (AvgIpc) is 2.63. The normalized spacial score (nSPS) is 21.9. The van der Waals surface area contributed by atoms with E-state index >= 15 is 0 Å². The van der Waals surface area contributed by atoms with E-state index in [1.165, 1.54) is 0 Å². The van der Waals surface area contributed by atoms with Crippen LogP contribution >= 0.6 is 0 Å². The Hall–Kier alpha value is -1.21. The molecule has 0 bridgehead atoms. The van der Waals surface area contributed by atoms with Gasteiger partial charge in [0.05, 0.1) is 0 Å². The van der Waals surface area contributed by atoms with Gasteiger partial charge in [-0.3, -0.25) is 4.90 Å². The minimum Gasteiger partial charge on any atom is -0.314 e. The van der Waals surface area contributed by atoms with Crippen LogP contribution in [-0.4, -0.2) is 31.1 Å². The molecule has 1 aromatic rings. The summed E-state index contributed by atoms with van der Waals surface area (Å²) in [6.45, 7) is 2.33. The zero-order valence-corrected chi connectivity index (χ0v) is 13.4. The van der Waals surface area contributed by atoms with Crippen LogP contribution in [0.5, 0.6) is 0 Å². The van der Waals surface area contributed by atoms with Crippen LogP contribution in [-0.2, 0) is 0 Å². The van der Waals surface area contributed by atoms with Gasteiger partial charge < -0.3 is 5.32 Å². The zero-order chi connectivity index (χ0) is 17.3. The molecule has 0 aromatic heterocycles. The van der Waals surface area contributed by atoms with Gasteiger partial charge in [0.1, 0.15) is 0 Å². The van der Waals surface area contributed by atoms with Gasteiger partial charge in [0.25, 0.3) is 0 Å². The summed E-state index contributed by atoms with van der Waals surface area (Å²) in [6, 6.07) is -0.767. The smallest absolute Gasteiger partial charge is 0.200 e. The lowest BCUT2D eigenvalue weighted by Crippen LogP contribution is -2.47. The first-order valence-corrected chi connectivity index (χ1v) is 8.48. The number of hydrogen-bond donors (Lipinski definition) is 1. The second-order valence-corrected chi connectivity index (χ2v) is 6.61. The number of benzene rings is 1. The average molecular weight is 348 g/mol. The second-order valence-electron chi connectivity index (χ2n) is 6.61. The Bertz CT molecular complexity index is 548. The minimum absolute atomic E-state index is 0.0925. The van der Waals surface area contributed by atoms with E-state index in [2.05, 4.69) is 5.32 Å². The van der Waals surface area contributed by atoms with Gasteiger partial charge in [0.2, 0.25) is 5.82 Å². The van der Waals surface area contributed by atoms with E-state index < -0.39 is 40.7 Å². The van der Waals surface area contributed by atoms with Crippen molar-refractivity contribution in [2.24, 2.45) is 5.92 Å². The Balaban J connectivity index is 2.07. The molecule has 24 heavy (non-hydrogen) atoms. The molecule has 1 N–H and O–H groups in total. The van der Waals surface area contributed by atoms with Crippen molar-refractivity contribution in [1.82, 2.24) is 10.2 Å². The summed E-state index contributed by atoms with van der Waals surface area (Å²) in [6.07, 6.45) is 4.37. The third-order valence-corrected chi connectivity index (χ3v) is 5.18. The fraction of sp³-hybridized carbons (Fsp3) is 0.647. The van der Waals surface area contributed by atoms with Crippen LogP contribution in [0.4, 0.5) is 22.0 Å². The topological polar surface area (TPSA) is 15.3 Å². The Morgan fingerprint density at radius 3 is 1.79 bits per heavy atom. The Morgan fingerprint density at radius 1 is 0.750 bits per heavy atom. The molecule has 0 radical (unpaired) electrons. The van der Waals surface area contributed by atoms with Crippen molar-refractivity contribution in [2.45, 2.75) is 38.1 Å². The Labute approximate surface area is 138 Å². The summed E-state index contributed by atoms with van der Waals surface area (Å²) in [4.78, 5) is 1.87. The summed E-state index contributed by atoms with van der Waals surface area (Å²) < 4.78 is 69.6. The summed E-state index contributed by atoms with van der Waals surface area (Å²) >= 11 is 0. The molecule has 1 aromatic carbocycles. The lowest BCUT2D eigenvalue weighted by molar-refractivity contribution is 0.0957. The largest absolute Gasteiger partial charge is 0.314 e. The molecular weight excluding hydrogens is 327 g/mol. The maximum Gasteiger partial charge on any atom is 0.200 e. The van der Waals surface area contributed by atoms with Crippen molar-refractivity contribution < 1.29 is 22.0 Å². The molecule has 1 aliphatic heterocycles. The first-order chi connectivity index (χ1) is 11.5. The fourth-order valence-electron chi connectivity index (χ4n) is 4.01. The Kier molecular flexibility index (Phi) is 5.39. The summed E-state index contributed by atoms with van der Waals surface area (Å²) in [5.41, 5.74) is -0.653. The molecular formula is C17H21F5N2. The Morgan fingerprint density at radius 2 is 1.25 bits per heavy atom. The van der Waals surface area contributed by atoms with Gasteiger partial charge in [0.15, 0.2) is 23.3 Å². The highest BCUT2D eigenvalue weighted by Crippen LogP contribution is 2.41. The molecule has 1 heterocycles. The van der Waals surface area contributed by atoms with Crippen LogP contribution in [0.1, 0.15) is 43.7 Å². The summed E-state index contributed by atoms with van der Waals surface area (Å²) in [7, 11) is 0. The minimum atomic E-state index is -2.09. The number of piperazine rings is 1. The molecule has 134 valence electrons. The van der Waals surface area contributed by atoms with Crippen molar-refractivity contribution in [2.75, 3.05) is 26.2 Å². The number of halogens is 5. The number of nitrogens with one attached hydrogen (secondary N) is 1. The molecule has 2 nitrogen and oxygen atoms in total. The molecule has 0 unspecified atom stereocenters. The van der Waals surface area contributed by atoms with E-state index in [1.807, 2.05) is 4.90 Å². The lowest BCUT2D eigenvalue weighted by Gasteiger charge is -2.41. The van der Waals surface area contributed by atoms with Crippen LogP contribution in [0.25, 0.3) is 0 Å². The third kappa shape index (κ3) is 3.16. The van der Waals surface area contributed by atoms with Gasteiger partial charge in [0, 0.05) is 37.8 Å². The van der Waals surface area contributed by atoms with Crippen molar-refractivity contribution in [3.05, 3.63) is 34.6 Å². The van der Waals surface area contributed by atoms with Crippen LogP contribution < -0.4 is 5.32 Å². The van der Waals surface area contributed by atoms with Crippen LogP contribution in [0.15, 0.2) is 0 Å². The molecule has 1 aliphatic carbocycles. The molecule has 1 atom stereocenters. The number of hydrogen-bond acceptors (Lipinski definition) is 2. The van der Waals surface area contributed by atoms with Crippen molar-refractivity contribution in [3.8, 4) is 0 Å². The quantitative estimate of drug-likeness (QED) is 0.506. The summed E-state index contributed by atoms with van der Waals surface area (Å²) in [5.74, 6) is -9.23. The number of rotatable bonds is 3. The van der Waals surface area contributed by atoms with Crippen molar-refractivity contribution >= 4 is 0 Å². The molecule has 0 spiro atoms. The van der Waals surface area contributed by atoms with E-state index in [-0.39, 0.29) is 5.92 Å². The predicted octanol–water partition coefficient (Wildman–Crippen LogP) is 3.91. The lowest BCUT2D eigenvalue weighted by atomic mass is 9.79. The van der Waals surface area contributed by atoms with Gasteiger partial charge in [-0.1, -0.05) is 19.3 Å². The fourth-order valence-corrected chi connectivity index (χ4v) is 4.01. The maximum atomic E-state index is 14.4. The monoisotopic (exact) mass is 348 g/mol. The van der Waals surface area contributed by atoms with Crippen molar-refractivity contribution in [1.29, 1.82) is 0 Å². The van der Waals surface area contributed by atoms with Crippen LogP contribution in [0.3, 0.4) is 0 Å². The molecule has 1 saturated carbocycles. The molecule has 7 heteroatoms. The van der Waals surface area contributed by atoms with Crippen LogP contribution in [0, 0.1) is 35.0 Å². The highest BCUT2D eigenvalue weighted by molar-refractivity contribution is 5.28. The summed E-state index contributed by atoms with van der Waals surface area (Å²) in [5, 5.41) is 3.15. The highest BCUT2D eigenvalue weighted by Gasteiger charge is 2.38. The predicted molar refractivity (Wildman–Crippen MR) is 80.0 cm³/mol. The van der Waals surface area contributed by atoms with Gasteiger partial charge in [-0.15, -0.1) is 0 Å². The van der Waals surface area contributed by atoms with E-state index in [0.29, 0.717) is 26.2 Å². The van der Waals surface area contributed by atoms with Gasteiger partial charge in [-0.2, -0.15) is 0 Å². The maximum absolute atomic E-state index is 14.4. The highest BCUT2D eigenvalue weighted by atomic mass is 19.2. The molecule has 3 rings (SSSR count). The van der Waals surface area contributed by atoms with E-state index in [0.717, 1.165) is 32.1 Å². The number of nitrogens with zero attached hydrogens (tertiary/aromatic N) is 1. The second kappa shape index (κ2) is 7.35. The molecule has 2 fully saturated rings. The van der Waals surface area contributed by atoms with E-state index in [1.54, 1.807) is 0 Å². The standard InChI is InChI=1S/C17H21F5N2/c18-12-11(13(19)15(21)16(22)14(12)20)17(10-4-2-1-3-5-10)24-8-6-23-7-9-24/h10,17,23H,1-9H2/t17-/m1/s1. The first-order valence-electron chi connectivity index (χ1n) is 8.48. The van der Waals surface area contributed by atoms with E-state index in [4.69, 9.17) is 0 Å². The van der Waals surface area contributed by atoms with Crippen LogP contribution in [0.2, 0.25) is 0 Å². The van der Waals surface area contributed by atoms with Gasteiger partial charge >= 0.3 is 0 Å². The SMILES string of the molecule is Fc1c(F)c(F)c([C@@H](C2CCCCC2)N2CCNCC2)c(F)c1F. The molecule has 0 amide bonds. The zero-order valence-electron chi connectivity index (χ0n) is 13.4. The van der Waals surface area contributed by atoms with Gasteiger partial charge in [-0.05, 0) is 18.8 Å². The first kappa shape index (κ1) is 17.6. The van der Waals surface area contributed by atoms with E-state index in [9.17, 15) is 22.0 Å². The van der Waals surface area contributed by atoms with Gasteiger partial charge in [-0.25, -0.2) is 22.0 Å².